The Morgan fingerprint density at radius 2 is 2.04 bits per heavy atom. The number of hydrogen-bond donors (Lipinski definition) is 2. The van der Waals surface area contributed by atoms with Crippen LogP contribution in [0.15, 0.2) is 24.8 Å². The molecule has 1 aromatic rings. The lowest BCUT2D eigenvalue weighted by Crippen LogP contribution is -2.43. The Bertz CT molecular complexity index is 629. The van der Waals surface area contributed by atoms with Gasteiger partial charge in [-0.2, -0.15) is 0 Å². The normalized spacial score (nSPS) is 20.6. The van der Waals surface area contributed by atoms with Gasteiger partial charge in [0.05, 0.1) is 16.1 Å². The molecule has 1 heterocycles. The third-order valence-corrected chi connectivity index (χ3v) is 6.93. The number of benzene rings is 1. The molecule has 152 valence electrons. The molecule has 0 spiro atoms. The summed E-state index contributed by atoms with van der Waals surface area (Å²) >= 11 is 11.3. The minimum absolute atomic E-state index is 0.139. The van der Waals surface area contributed by atoms with Gasteiger partial charge in [0, 0.05) is 23.0 Å². The molecular formula is C20H30Cl2N2O2S. The van der Waals surface area contributed by atoms with E-state index in [2.05, 4.69) is 16.6 Å². The molecule has 0 aliphatic carbocycles. The van der Waals surface area contributed by atoms with E-state index in [9.17, 15) is 4.55 Å². The molecule has 2 N–H and O–H groups in total. The van der Waals surface area contributed by atoms with E-state index < -0.39 is 11.4 Å². The quantitative estimate of drug-likeness (QED) is 0.467. The van der Waals surface area contributed by atoms with Crippen LogP contribution in [0.25, 0.3) is 0 Å². The lowest BCUT2D eigenvalue weighted by Gasteiger charge is -2.33. The zero-order valence-electron chi connectivity index (χ0n) is 16.3. The number of rotatable bonds is 7. The summed E-state index contributed by atoms with van der Waals surface area (Å²) in [7, 11) is 0. The van der Waals surface area contributed by atoms with Crippen LogP contribution in [0, 0.1) is 5.92 Å². The van der Waals surface area contributed by atoms with Crippen LogP contribution in [0.3, 0.4) is 0 Å². The summed E-state index contributed by atoms with van der Waals surface area (Å²) in [5, 5.41) is 4.35. The highest BCUT2D eigenvalue weighted by molar-refractivity contribution is 7.90. The summed E-state index contributed by atoms with van der Waals surface area (Å²) in [5.41, 5.74) is 0.899. The summed E-state index contributed by atoms with van der Waals surface area (Å²) in [6, 6.07) is 3.45. The smallest absolute Gasteiger partial charge is 0.136 e. The van der Waals surface area contributed by atoms with Crippen LogP contribution in [0.4, 0.5) is 0 Å². The highest BCUT2D eigenvalue weighted by Gasteiger charge is 2.35. The van der Waals surface area contributed by atoms with E-state index in [4.69, 9.17) is 27.9 Å². The van der Waals surface area contributed by atoms with Crippen molar-refractivity contribution in [3.05, 3.63) is 40.4 Å². The molecule has 0 amide bonds. The number of ether oxygens (including phenoxy) is 1. The third-order valence-electron chi connectivity index (χ3n) is 4.63. The zero-order chi connectivity index (χ0) is 20.0. The molecule has 1 aliphatic rings. The van der Waals surface area contributed by atoms with Gasteiger partial charge >= 0.3 is 0 Å². The van der Waals surface area contributed by atoms with E-state index in [1.165, 1.54) is 0 Å². The van der Waals surface area contributed by atoms with Crippen LogP contribution in [-0.2, 0) is 11.4 Å². The predicted octanol–water partition coefficient (Wildman–Crippen LogP) is 5.04. The first-order chi connectivity index (χ1) is 12.7. The molecule has 1 saturated heterocycles. The second kappa shape index (κ2) is 10.4. The fourth-order valence-electron chi connectivity index (χ4n) is 3.15. The SMILES string of the molecule is C=CCOc1cc(Cl)c(Cl)cc1C(N[S@@+]([O-])C(C)(C)C)C1CCCNCC1. The lowest BCUT2D eigenvalue weighted by atomic mass is 9.87. The van der Waals surface area contributed by atoms with Crippen molar-refractivity contribution >= 4 is 34.6 Å². The summed E-state index contributed by atoms with van der Waals surface area (Å²) in [4.78, 5) is 0. The summed E-state index contributed by atoms with van der Waals surface area (Å²) < 4.78 is 21.8. The van der Waals surface area contributed by atoms with E-state index in [0.29, 0.717) is 28.3 Å². The van der Waals surface area contributed by atoms with E-state index in [0.717, 1.165) is 37.9 Å². The molecule has 1 aliphatic heterocycles. The minimum atomic E-state index is -1.22. The molecule has 1 fully saturated rings. The van der Waals surface area contributed by atoms with Gasteiger partial charge in [-0.25, -0.2) is 0 Å². The van der Waals surface area contributed by atoms with Gasteiger partial charge < -0.3 is 14.6 Å². The maximum atomic E-state index is 12.9. The van der Waals surface area contributed by atoms with Crippen LogP contribution in [-0.4, -0.2) is 29.0 Å². The van der Waals surface area contributed by atoms with Gasteiger partial charge in [0.1, 0.15) is 17.1 Å². The van der Waals surface area contributed by atoms with Crippen LogP contribution in [0.2, 0.25) is 10.0 Å². The molecule has 0 radical (unpaired) electrons. The van der Waals surface area contributed by atoms with Crippen molar-refractivity contribution in [3.8, 4) is 5.75 Å². The van der Waals surface area contributed by atoms with Gasteiger partial charge in [0.15, 0.2) is 0 Å². The minimum Gasteiger partial charge on any atom is -0.598 e. The van der Waals surface area contributed by atoms with Crippen molar-refractivity contribution in [2.24, 2.45) is 5.92 Å². The van der Waals surface area contributed by atoms with Crippen molar-refractivity contribution < 1.29 is 9.29 Å². The Labute approximate surface area is 176 Å². The Hall–Kier alpha value is -0.430. The molecule has 1 aromatic carbocycles. The van der Waals surface area contributed by atoms with Gasteiger partial charge in [-0.15, -0.1) is 4.72 Å². The maximum absolute atomic E-state index is 12.9. The van der Waals surface area contributed by atoms with Gasteiger partial charge in [-0.3, -0.25) is 0 Å². The third kappa shape index (κ3) is 6.55. The van der Waals surface area contributed by atoms with Gasteiger partial charge in [-0.1, -0.05) is 35.9 Å². The van der Waals surface area contributed by atoms with E-state index in [-0.39, 0.29) is 10.8 Å². The molecule has 0 aromatic heterocycles. The average Bonchev–Trinajstić information content (AvgIpc) is 2.88. The number of halogens is 2. The Morgan fingerprint density at radius 1 is 1.33 bits per heavy atom. The van der Waals surface area contributed by atoms with Crippen molar-refractivity contribution in [2.45, 2.75) is 50.8 Å². The van der Waals surface area contributed by atoms with Crippen LogP contribution >= 0.6 is 23.2 Å². The van der Waals surface area contributed by atoms with E-state index >= 15 is 0 Å². The van der Waals surface area contributed by atoms with Crippen molar-refractivity contribution in [2.75, 3.05) is 19.7 Å². The first-order valence-electron chi connectivity index (χ1n) is 9.35. The molecule has 27 heavy (non-hydrogen) atoms. The molecule has 2 rings (SSSR count). The number of hydrogen-bond acceptors (Lipinski definition) is 4. The summed E-state index contributed by atoms with van der Waals surface area (Å²) in [6.45, 7) is 11.9. The van der Waals surface area contributed by atoms with Crippen molar-refractivity contribution in [3.63, 3.8) is 0 Å². The zero-order valence-corrected chi connectivity index (χ0v) is 18.6. The summed E-state index contributed by atoms with van der Waals surface area (Å²) in [5.74, 6) is 0.972. The standard InChI is InChI=1S/C20H30Cl2N2O2S/c1-5-11-26-18-13-17(22)16(21)12-15(18)19(24-27(25)20(2,3)4)14-7-6-9-23-10-8-14/h5,12-14,19,23-24H,1,6-11H2,2-4H3/t14?,19?,27-/m0/s1. The molecule has 2 unspecified atom stereocenters. The second-order valence-corrected chi connectivity index (χ2v) is 10.6. The van der Waals surface area contributed by atoms with Crippen molar-refractivity contribution in [1.29, 1.82) is 0 Å². The van der Waals surface area contributed by atoms with Gasteiger partial charge in [0.2, 0.25) is 0 Å². The topological polar surface area (TPSA) is 56.3 Å². The highest BCUT2D eigenvalue weighted by Crippen LogP contribution is 2.40. The molecule has 0 bridgehead atoms. The van der Waals surface area contributed by atoms with Crippen LogP contribution in [0.5, 0.6) is 5.75 Å². The monoisotopic (exact) mass is 432 g/mol. The van der Waals surface area contributed by atoms with Crippen LogP contribution < -0.4 is 14.8 Å². The molecule has 4 nitrogen and oxygen atoms in total. The predicted molar refractivity (Wildman–Crippen MR) is 116 cm³/mol. The average molecular weight is 433 g/mol. The Morgan fingerprint density at radius 3 is 2.70 bits per heavy atom. The number of nitrogens with one attached hydrogen (secondary N) is 2. The molecule has 7 heteroatoms. The van der Waals surface area contributed by atoms with Crippen molar-refractivity contribution in [1.82, 2.24) is 10.0 Å². The first kappa shape index (κ1) is 22.9. The highest BCUT2D eigenvalue weighted by atomic mass is 35.5. The molecular weight excluding hydrogens is 403 g/mol. The van der Waals surface area contributed by atoms with E-state index in [1.54, 1.807) is 12.1 Å². The molecule has 3 atom stereocenters. The Balaban J connectivity index is 2.44. The first-order valence-corrected chi connectivity index (χ1v) is 11.3. The van der Waals surface area contributed by atoms with Crippen LogP contribution in [0.1, 0.15) is 51.6 Å². The second-order valence-electron chi connectivity index (χ2n) is 7.82. The fourth-order valence-corrected chi connectivity index (χ4v) is 4.38. The lowest BCUT2D eigenvalue weighted by molar-refractivity contribution is 0.327. The van der Waals surface area contributed by atoms with Gasteiger partial charge in [0.25, 0.3) is 0 Å². The molecule has 0 saturated carbocycles. The largest absolute Gasteiger partial charge is 0.598 e. The van der Waals surface area contributed by atoms with E-state index in [1.807, 2.05) is 26.8 Å². The Kier molecular flexibility index (Phi) is 8.78. The summed E-state index contributed by atoms with van der Waals surface area (Å²) in [6.07, 6.45) is 4.79. The fraction of sp³-hybridized carbons (Fsp3) is 0.600. The maximum Gasteiger partial charge on any atom is 0.136 e. The van der Waals surface area contributed by atoms with Gasteiger partial charge in [-0.05, 0) is 65.1 Å².